The van der Waals surface area contributed by atoms with Gasteiger partial charge in [0.05, 0.1) is 13.0 Å². The average molecular weight is 217 g/mol. The molecule has 0 heterocycles. The summed E-state index contributed by atoms with van der Waals surface area (Å²) in [7, 11) is 0. The summed E-state index contributed by atoms with van der Waals surface area (Å²) in [5.74, 6) is -0.380. The van der Waals surface area contributed by atoms with Gasteiger partial charge in [0, 0.05) is 0 Å². The van der Waals surface area contributed by atoms with E-state index in [-0.39, 0.29) is 12.4 Å². The first kappa shape index (κ1) is 13.7. The minimum atomic E-state index is -0.908. The highest BCUT2D eigenvalue weighted by Crippen LogP contribution is 2.15. The number of ether oxygens (including phenoxy) is 2. The molecule has 5 nitrogen and oxygen atoms in total. The van der Waals surface area contributed by atoms with Gasteiger partial charge in [-0.15, -0.1) is 0 Å². The molecule has 0 aromatic heterocycles. The van der Waals surface area contributed by atoms with Crippen molar-refractivity contribution >= 4 is 12.1 Å². The monoisotopic (exact) mass is 217 g/mol. The number of unbranched alkanes of at least 4 members (excludes halogenated alkanes) is 1. The van der Waals surface area contributed by atoms with E-state index >= 15 is 0 Å². The van der Waals surface area contributed by atoms with Gasteiger partial charge in [-0.05, 0) is 20.3 Å². The Kier molecular flexibility index (Phi) is 5.74. The molecule has 1 amide bonds. The Morgan fingerprint density at radius 1 is 1.33 bits per heavy atom. The molecule has 0 saturated heterocycles. The van der Waals surface area contributed by atoms with Gasteiger partial charge in [0.15, 0.2) is 0 Å². The summed E-state index contributed by atoms with van der Waals surface area (Å²) in [6, 6.07) is 0. The van der Waals surface area contributed by atoms with Crippen molar-refractivity contribution < 1.29 is 19.1 Å². The van der Waals surface area contributed by atoms with Crippen molar-refractivity contribution in [2.24, 2.45) is 5.73 Å². The van der Waals surface area contributed by atoms with Gasteiger partial charge in [-0.1, -0.05) is 13.3 Å². The summed E-state index contributed by atoms with van der Waals surface area (Å²) >= 11 is 0. The molecular weight excluding hydrogens is 198 g/mol. The largest absolute Gasteiger partial charge is 0.466 e. The first-order valence-electron chi connectivity index (χ1n) is 5.01. The second-order valence-corrected chi connectivity index (χ2v) is 3.93. The summed E-state index contributed by atoms with van der Waals surface area (Å²) in [6.45, 7) is 5.63. The third-order valence-corrected chi connectivity index (χ3v) is 1.71. The molecule has 0 fully saturated rings. The Bertz CT molecular complexity index is 225. The van der Waals surface area contributed by atoms with Crippen LogP contribution in [0.3, 0.4) is 0 Å². The van der Waals surface area contributed by atoms with Crippen LogP contribution in [0.25, 0.3) is 0 Å². The highest BCUT2D eigenvalue weighted by atomic mass is 16.6. The van der Waals surface area contributed by atoms with E-state index in [9.17, 15) is 9.59 Å². The van der Waals surface area contributed by atoms with E-state index in [0.717, 1.165) is 12.8 Å². The molecule has 88 valence electrons. The number of amides is 1. The van der Waals surface area contributed by atoms with Crippen molar-refractivity contribution in [2.75, 3.05) is 6.61 Å². The van der Waals surface area contributed by atoms with Crippen molar-refractivity contribution in [3.8, 4) is 0 Å². The highest BCUT2D eigenvalue weighted by Gasteiger charge is 2.26. The van der Waals surface area contributed by atoms with E-state index in [2.05, 4.69) is 0 Å². The van der Waals surface area contributed by atoms with Crippen molar-refractivity contribution in [1.82, 2.24) is 0 Å². The van der Waals surface area contributed by atoms with Gasteiger partial charge in [-0.25, -0.2) is 4.79 Å². The van der Waals surface area contributed by atoms with Gasteiger partial charge in [0.2, 0.25) is 0 Å². The van der Waals surface area contributed by atoms with Crippen molar-refractivity contribution in [3.63, 3.8) is 0 Å². The van der Waals surface area contributed by atoms with Gasteiger partial charge >= 0.3 is 12.1 Å². The summed E-state index contributed by atoms with van der Waals surface area (Å²) in [5, 5.41) is 0. The molecule has 0 saturated carbocycles. The maximum Gasteiger partial charge on any atom is 0.405 e. The van der Waals surface area contributed by atoms with Gasteiger partial charge in [0.25, 0.3) is 0 Å². The lowest BCUT2D eigenvalue weighted by Gasteiger charge is -2.22. The smallest absolute Gasteiger partial charge is 0.405 e. The molecule has 2 N–H and O–H groups in total. The van der Waals surface area contributed by atoms with E-state index in [1.165, 1.54) is 0 Å². The van der Waals surface area contributed by atoms with Crippen LogP contribution in [0.5, 0.6) is 0 Å². The molecule has 0 atom stereocenters. The number of esters is 1. The Balaban J connectivity index is 3.88. The molecule has 0 aliphatic carbocycles. The Labute approximate surface area is 89.9 Å². The van der Waals surface area contributed by atoms with Crippen LogP contribution < -0.4 is 5.73 Å². The number of hydrogen-bond acceptors (Lipinski definition) is 4. The molecule has 0 aromatic carbocycles. The van der Waals surface area contributed by atoms with E-state index in [1.807, 2.05) is 6.92 Å². The fourth-order valence-corrected chi connectivity index (χ4v) is 1.04. The zero-order chi connectivity index (χ0) is 11.9. The predicted molar refractivity (Wildman–Crippen MR) is 55.2 cm³/mol. The van der Waals surface area contributed by atoms with Crippen LogP contribution in [-0.2, 0) is 14.3 Å². The molecule has 0 radical (unpaired) electrons. The van der Waals surface area contributed by atoms with Crippen LogP contribution >= 0.6 is 0 Å². The predicted octanol–water partition coefficient (Wildman–Crippen LogP) is 1.59. The lowest BCUT2D eigenvalue weighted by atomic mass is 10.1. The lowest BCUT2D eigenvalue weighted by molar-refractivity contribution is -0.148. The molecule has 0 spiro atoms. The summed E-state index contributed by atoms with van der Waals surface area (Å²) in [4.78, 5) is 21.8. The molecule has 5 heteroatoms. The van der Waals surface area contributed by atoms with Gasteiger partial charge in [-0.3, -0.25) is 4.79 Å². The number of primary amides is 1. The Hall–Kier alpha value is -1.26. The van der Waals surface area contributed by atoms with Gasteiger partial charge in [0.1, 0.15) is 5.60 Å². The second kappa shape index (κ2) is 6.27. The maximum atomic E-state index is 11.3. The zero-order valence-electron chi connectivity index (χ0n) is 9.54. The minimum Gasteiger partial charge on any atom is -0.466 e. The maximum absolute atomic E-state index is 11.3. The van der Waals surface area contributed by atoms with E-state index in [0.29, 0.717) is 6.61 Å². The fourth-order valence-electron chi connectivity index (χ4n) is 1.04. The van der Waals surface area contributed by atoms with Gasteiger partial charge in [-0.2, -0.15) is 0 Å². The first-order valence-corrected chi connectivity index (χ1v) is 5.01. The van der Waals surface area contributed by atoms with Crippen LogP contribution in [0.2, 0.25) is 0 Å². The summed E-state index contributed by atoms with van der Waals surface area (Å²) in [6.07, 6.45) is 0.929. The third kappa shape index (κ3) is 7.78. The summed E-state index contributed by atoms with van der Waals surface area (Å²) < 4.78 is 9.68. The number of rotatable bonds is 6. The fraction of sp³-hybridized carbons (Fsp3) is 0.800. The van der Waals surface area contributed by atoms with Crippen LogP contribution in [0.4, 0.5) is 4.79 Å². The average Bonchev–Trinajstić information content (AvgIpc) is 2.00. The molecule has 0 aliphatic heterocycles. The Morgan fingerprint density at radius 3 is 2.40 bits per heavy atom. The molecule has 0 aliphatic rings. The van der Waals surface area contributed by atoms with Crippen molar-refractivity contribution in [1.29, 1.82) is 0 Å². The van der Waals surface area contributed by atoms with Crippen molar-refractivity contribution in [2.45, 2.75) is 45.6 Å². The molecule has 0 aromatic rings. The van der Waals surface area contributed by atoms with Crippen LogP contribution in [-0.4, -0.2) is 24.3 Å². The highest BCUT2D eigenvalue weighted by molar-refractivity contribution is 5.72. The number of nitrogens with two attached hydrogens (primary N) is 1. The molecule has 15 heavy (non-hydrogen) atoms. The normalized spacial score (nSPS) is 10.9. The molecular formula is C10H19NO4. The quantitative estimate of drug-likeness (QED) is 0.541. The van der Waals surface area contributed by atoms with Crippen molar-refractivity contribution in [3.05, 3.63) is 0 Å². The molecule has 0 unspecified atom stereocenters. The summed E-state index contributed by atoms with van der Waals surface area (Å²) in [5.41, 5.74) is 3.96. The Morgan fingerprint density at radius 2 is 1.93 bits per heavy atom. The number of hydrogen-bond donors (Lipinski definition) is 1. The van der Waals surface area contributed by atoms with E-state index < -0.39 is 11.7 Å². The van der Waals surface area contributed by atoms with E-state index in [1.54, 1.807) is 13.8 Å². The lowest BCUT2D eigenvalue weighted by Crippen LogP contribution is -2.34. The molecule has 0 bridgehead atoms. The van der Waals surface area contributed by atoms with Crippen LogP contribution in [0.1, 0.15) is 40.0 Å². The van der Waals surface area contributed by atoms with Crippen LogP contribution in [0, 0.1) is 0 Å². The number of carbonyl (C=O) groups is 2. The number of carbonyl (C=O) groups excluding carboxylic acids is 2. The minimum absolute atomic E-state index is 0.0135. The van der Waals surface area contributed by atoms with E-state index in [4.69, 9.17) is 15.2 Å². The first-order chi connectivity index (χ1) is 6.87. The standard InChI is InChI=1S/C10H19NO4/c1-4-5-6-14-8(12)7-10(2,3)15-9(11)13/h4-7H2,1-3H3,(H2,11,13). The SMILES string of the molecule is CCCCOC(=O)CC(C)(C)OC(N)=O. The zero-order valence-corrected chi connectivity index (χ0v) is 9.54. The third-order valence-electron chi connectivity index (χ3n) is 1.71. The topological polar surface area (TPSA) is 78.6 Å². The van der Waals surface area contributed by atoms with Crippen LogP contribution in [0.15, 0.2) is 0 Å². The second-order valence-electron chi connectivity index (χ2n) is 3.93. The van der Waals surface area contributed by atoms with Gasteiger partial charge < -0.3 is 15.2 Å². The molecule has 0 rings (SSSR count).